The number of hydrogen-bond acceptors (Lipinski definition) is 3. The Morgan fingerprint density at radius 1 is 0.773 bits per heavy atom. The van der Waals surface area contributed by atoms with Gasteiger partial charge in [-0.3, -0.25) is 0 Å². The van der Waals surface area contributed by atoms with E-state index in [4.69, 9.17) is 14.2 Å². The minimum Gasteiger partial charge on any atom is -0.494 e. The minimum absolute atomic E-state index is 0.629. The first-order valence-electron chi connectivity index (χ1n) is 7.89. The van der Waals surface area contributed by atoms with Crippen molar-refractivity contribution in [3.63, 3.8) is 0 Å². The Morgan fingerprint density at radius 2 is 1.50 bits per heavy atom. The van der Waals surface area contributed by atoms with Crippen molar-refractivity contribution in [1.29, 1.82) is 0 Å². The molecule has 2 aromatic carbocycles. The molecule has 0 radical (unpaired) electrons. The Bertz CT molecular complexity index is 566. The molecule has 22 heavy (non-hydrogen) atoms. The van der Waals surface area contributed by atoms with Crippen LogP contribution in [0.4, 0.5) is 0 Å². The summed E-state index contributed by atoms with van der Waals surface area (Å²) in [5, 5.41) is 0. The van der Waals surface area contributed by atoms with Gasteiger partial charge in [0.2, 0.25) is 0 Å². The van der Waals surface area contributed by atoms with Crippen molar-refractivity contribution < 1.29 is 14.2 Å². The van der Waals surface area contributed by atoms with E-state index in [1.807, 2.05) is 49.4 Å². The summed E-state index contributed by atoms with van der Waals surface area (Å²) in [5.74, 6) is 2.65. The Morgan fingerprint density at radius 3 is 2.27 bits per heavy atom. The molecule has 0 aliphatic rings. The molecule has 0 aliphatic heterocycles. The third kappa shape index (κ3) is 4.99. The molecule has 0 fully saturated rings. The second-order valence-electron chi connectivity index (χ2n) is 4.92. The first-order chi connectivity index (χ1) is 10.8. The zero-order valence-electron chi connectivity index (χ0n) is 13.4. The van der Waals surface area contributed by atoms with Gasteiger partial charge in [0, 0.05) is 12.5 Å². The van der Waals surface area contributed by atoms with E-state index in [1.54, 1.807) is 0 Å². The van der Waals surface area contributed by atoms with Crippen LogP contribution in [0.15, 0.2) is 48.5 Å². The fraction of sp³-hybridized carbons (Fsp3) is 0.368. The summed E-state index contributed by atoms with van der Waals surface area (Å²) in [6.07, 6.45) is 1.83. The second-order valence-corrected chi connectivity index (χ2v) is 4.92. The lowest BCUT2D eigenvalue weighted by molar-refractivity contribution is 0.245. The molecule has 3 heteroatoms. The number of ether oxygens (including phenoxy) is 3. The predicted molar refractivity (Wildman–Crippen MR) is 89.0 cm³/mol. The van der Waals surface area contributed by atoms with Crippen LogP contribution in [-0.4, -0.2) is 19.8 Å². The first kappa shape index (κ1) is 16.2. The topological polar surface area (TPSA) is 27.7 Å². The van der Waals surface area contributed by atoms with E-state index < -0.39 is 0 Å². The van der Waals surface area contributed by atoms with Gasteiger partial charge in [-0.15, -0.1) is 0 Å². The lowest BCUT2D eigenvalue weighted by Crippen LogP contribution is -2.06. The van der Waals surface area contributed by atoms with E-state index in [1.165, 1.54) is 5.56 Å². The third-order valence-corrected chi connectivity index (χ3v) is 3.28. The lowest BCUT2D eigenvalue weighted by atomic mass is 10.1. The monoisotopic (exact) mass is 300 g/mol. The SMILES string of the molecule is CCOc1cccc(OCCCOc2ccccc2CC)c1. The normalized spacial score (nSPS) is 10.3. The Hall–Kier alpha value is -2.16. The number of hydrogen-bond donors (Lipinski definition) is 0. The highest BCUT2D eigenvalue weighted by Crippen LogP contribution is 2.20. The molecule has 0 unspecified atom stereocenters. The van der Waals surface area contributed by atoms with E-state index >= 15 is 0 Å². The quantitative estimate of drug-likeness (QED) is 0.638. The van der Waals surface area contributed by atoms with Gasteiger partial charge in [-0.05, 0) is 37.1 Å². The van der Waals surface area contributed by atoms with Gasteiger partial charge in [0.25, 0.3) is 0 Å². The molecule has 0 saturated carbocycles. The van der Waals surface area contributed by atoms with Crippen molar-refractivity contribution in [3.05, 3.63) is 54.1 Å². The Balaban J connectivity index is 1.72. The molecule has 0 saturated heterocycles. The second kappa shape index (κ2) is 8.98. The average molecular weight is 300 g/mol. The van der Waals surface area contributed by atoms with E-state index in [0.29, 0.717) is 19.8 Å². The van der Waals surface area contributed by atoms with Crippen molar-refractivity contribution in [2.24, 2.45) is 0 Å². The van der Waals surface area contributed by atoms with Crippen LogP contribution < -0.4 is 14.2 Å². The maximum Gasteiger partial charge on any atom is 0.122 e. The van der Waals surface area contributed by atoms with Crippen LogP contribution in [0.5, 0.6) is 17.2 Å². The summed E-state index contributed by atoms with van der Waals surface area (Å²) in [5.41, 5.74) is 1.24. The number of rotatable bonds is 9. The summed E-state index contributed by atoms with van der Waals surface area (Å²) >= 11 is 0. The molecule has 118 valence electrons. The van der Waals surface area contributed by atoms with Gasteiger partial charge in [0.1, 0.15) is 17.2 Å². The van der Waals surface area contributed by atoms with Gasteiger partial charge in [0.05, 0.1) is 19.8 Å². The zero-order valence-corrected chi connectivity index (χ0v) is 13.4. The maximum absolute atomic E-state index is 5.82. The highest BCUT2D eigenvalue weighted by Gasteiger charge is 2.01. The fourth-order valence-electron chi connectivity index (χ4n) is 2.19. The van der Waals surface area contributed by atoms with Gasteiger partial charge in [0.15, 0.2) is 0 Å². The number of para-hydroxylation sites is 1. The third-order valence-electron chi connectivity index (χ3n) is 3.28. The lowest BCUT2D eigenvalue weighted by Gasteiger charge is -2.11. The van der Waals surface area contributed by atoms with Gasteiger partial charge < -0.3 is 14.2 Å². The summed E-state index contributed by atoms with van der Waals surface area (Å²) in [4.78, 5) is 0. The van der Waals surface area contributed by atoms with Crippen LogP contribution in [-0.2, 0) is 6.42 Å². The molecule has 0 heterocycles. The highest BCUT2D eigenvalue weighted by atomic mass is 16.5. The smallest absolute Gasteiger partial charge is 0.122 e. The van der Waals surface area contributed by atoms with E-state index in [-0.39, 0.29) is 0 Å². The molecule has 0 aliphatic carbocycles. The molecule has 0 aromatic heterocycles. The Kier molecular flexibility index (Phi) is 6.62. The minimum atomic E-state index is 0.629. The summed E-state index contributed by atoms with van der Waals surface area (Å²) < 4.78 is 17.0. The van der Waals surface area contributed by atoms with Crippen LogP contribution in [0.25, 0.3) is 0 Å². The summed E-state index contributed by atoms with van der Waals surface area (Å²) in [6, 6.07) is 15.9. The van der Waals surface area contributed by atoms with Gasteiger partial charge in [-0.1, -0.05) is 31.2 Å². The van der Waals surface area contributed by atoms with Crippen LogP contribution in [0.3, 0.4) is 0 Å². The first-order valence-corrected chi connectivity index (χ1v) is 7.89. The molecule has 3 nitrogen and oxygen atoms in total. The van der Waals surface area contributed by atoms with Crippen LogP contribution >= 0.6 is 0 Å². The van der Waals surface area contributed by atoms with Crippen molar-refractivity contribution in [2.75, 3.05) is 19.8 Å². The maximum atomic E-state index is 5.82. The van der Waals surface area contributed by atoms with E-state index in [2.05, 4.69) is 13.0 Å². The van der Waals surface area contributed by atoms with Crippen molar-refractivity contribution in [2.45, 2.75) is 26.7 Å². The standard InChI is InChI=1S/C19H24O3/c1-3-16-9-5-6-12-19(16)22-14-8-13-21-18-11-7-10-17(15-18)20-4-2/h5-7,9-12,15H,3-4,8,13-14H2,1-2H3. The van der Waals surface area contributed by atoms with E-state index in [9.17, 15) is 0 Å². The number of aryl methyl sites for hydroxylation is 1. The zero-order chi connectivity index (χ0) is 15.6. The predicted octanol–water partition coefficient (Wildman–Crippen LogP) is 4.50. The van der Waals surface area contributed by atoms with Gasteiger partial charge in [-0.2, -0.15) is 0 Å². The van der Waals surface area contributed by atoms with E-state index in [0.717, 1.165) is 30.1 Å². The molecule has 0 bridgehead atoms. The highest BCUT2D eigenvalue weighted by molar-refractivity contribution is 5.33. The van der Waals surface area contributed by atoms with Crippen LogP contribution in [0.2, 0.25) is 0 Å². The van der Waals surface area contributed by atoms with Crippen LogP contribution in [0, 0.1) is 0 Å². The number of benzene rings is 2. The van der Waals surface area contributed by atoms with Gasteiger partial charge >= 0.3 is 0 Å². The largest absolute Gasteiger partial charge is 0.494 e. The molecule has 0 atom stereocenters. The average Bonchev–Trinajstić information content (AvgIpc) is 2.55. The Labute approximate surface area is 132 Å². The summed E-state index contributed by atoms with van der Waals surface area (Å²) in [6.45, 7) is 6.05. The molecule has 0 amide bonds. The van der Waals surface area contributed by atoms with Gasteiger partial charge in [-0.25, -0.2) is 0 Å². The molecular weight excluding hydrogens is 276 g/mol. The van der Waals surface area contributed by atoms with Crippen molar-refractivity contribution >= 4 is 0 Å². The molecular formula is C19H24O3. The van der Waals surface area contributed by atoms with Crippen LogP contribution in [0.1, 0.15) is 25.8 Å². The van der Waals surface area contributed by atoms with Crippen molar-refractivity contribution in [1.82, 2.24) is 0 Å². The molecule has 0 spiro atoms. The molecule has 0 N–H and O–H groups in total. The summed E-state index contributed by atoms with van der Waals surface area (Å²) in [7, 11) is 0. The molecule has 2 rings (SSSR count). The molecule has 2 aromatic rings. The fourth-order valence-corrected chi connectivity index (χ4v) is 2.19. The van der Waals surface area contributed by atoms with Crippen molar-refractivity contribution in [3.8, 4) is 17.2 Å².